The third-order valence-corrected chi connectivity index (χ3v) is 1.07. The SMILES string of the molecule is NC1=NC(N)=NC(=S)C1.O=S(=O)(O)O. The zero-order valence-electron chi connectivity index (χ0n) is 6.78. The Bertz CT molecular complexity index is 376. The van der Waals surface area contributed by atoms with Gasteiger partial charge >= 0.3 is 10.4 Å². The van der Waals surface area contributed by atoms with Crippen molar-refractivity contribution < 1.29 is 17.5 Å². The molecule has 0 atom stereocenters. The van der Waals surface area contributed by atoms with Crippen molar-refractivity contribution >= 4 is 39.4 Å². The first-order valence-electron chi connectivity index (χ1n) is 3.08. The summed E-state index contributed by atoms with van der Waals surface area (Å²) in [7, 11) is -4.67. The van der Waals surface area contributed by atoms with Crippen LogP contribution in [0.3, 0.4) is 0 Å². The smallest absolute Gasteiger partial charge is 0.387 e. The van der Waals surface area contributed by atoms with Crippen LogP contribution in [-0.2, 0) is 10.4 Å². The van der Waals surface area contributed by atoms with Gasteiger partial charge in [0.1, 0.15) is 10.8 Å². The fraction of sp³-hybridized carbons (Fsp3) is 0.250. The first-order chi connectivity index (χ1) is 6.18. The summed E-state index contributed by atoms with van der Waals surface area (Å²) in [6, 6.07) is 0. The quantitative estimate of drug-likeness (QED) is 0.304. The zero-order chi connectivity index (χ0) is 11.4. The summed E-state index contributed by atoms with van der Waals surface area (Å²) >= 11 is 4.73. The lowest BCUT2D eigenvalue weighted by atomic mass is 10.4. The van der Waals surface area contributed by atoms with Gasteiger partial charge in [-0.2, -0.15) is 8.42 Å². The maximum absolute atomic E-state index is 8.74. The highest BCUT2D eigenvalue weighted by atomic mass is 32.3. The van der Waals surface area contributed by atoms with Crippen LogP contribution in [0.15, 0.2) is 9.98 Å². The first-order valence-corrected chi connectivity index (χ1v) is 4.89. The lowest BCUT2D eigenvalue weighted by Gasteiger charge is -2.03. The summed E-state index contributed by atoms with van der Waals surface area (Å²) in [6.45, 7) is 0. The molecule has 0 unspecified atom stereocenters. The van der Waals surface area contributed by atoms with E-state index >= 15 is 0 Å². The number of thiocarbonyl (C=S) groups is 1. The van der Waals surface area contributed by atoms with Gasteiger partial charge in [0, 0.05) is 0 Å². The highest BCUT2D eigenvalue weighted by Crippen LogP contribution is 1.95. The summed E-state index contributed by atoms with van der Waals surface area (Å²) < 4.78 is 31.6. The normalized spacial score (nSPS) is 16.3. The van der Waals surface area contributed by atoms with Crippen LogP contribution in [0.1, 0.15) is 6.42 Å². The highest BCUT2D eigenvalue weighted by molar-refractivity contribution is 7.80. The minimum atomic E-state index is -4.67. The second kappa shape index (κ2) is 4.95. The van der Waals surface area contributed by atoms with Crippen molar-refractivity contribution in [2.45, 2.75) is 6.42 Å². The molecule has 0 amide bonds. The van der Waals surface area contributed by atoms with E-state index in [4.69, 9.17) is 41.2 Å². The molecule has 8 nitrogen and oxygen atoms in total. The first kappa shape index (κ1) is 12.9. The zero-order valence-corrected chi connectivity index (χ0v) is 8.42. The van der Waals surface area contributed by atoms with E-state index in [0.29, 0.717) is 17.2 Å². The molecule has 0 fully saturated rings. The van der Waals surface area contributed by atoms with E-state index in [1.807, 2.05) is 0 Å². The Morgan fingerprint density at radius 3 is 2.00 bits per heavy atom. The highest BCUT2D eigenvalue weighted by Gasteiger charge is 2.05. The Balaban J connectivity index is 0.000000292. The predicted molar refractivity (Wildman–Crippen MR) is 54.6 cm³/mol. The average Bonchev–Trinajstić information content (AvgIpc) is 1.77. The van der Waals surface area contributed by atoms with E-state index in [9.17, 15) is 0 Å². The van der Waals surface area contributed by atoms with E-state index < -0.39 is 10.4 Å². The Kier molecular flexibility index (Phi) is 4.56. The minimum Gasteiger partial charge on any atom is -0.387 e. The van der Waals surface area contributed by atoms with E-state index in [1.165, 1.54) is 0 Å². The third kappa shape index (κ3) is 8.99. The second-order valence-corrected chi connectivity index (χ2v) is 3.46. The van der Waals surface area contributed by atoms with E-state index in [0.717, 1.165) is 0 Å². The Morgan fingerprint density at radius 1 is 1.29 bits per heavy atom. The maximum Gasteiger partial charge on any atom is 0.394 e. The van der Waals surface area contributed by atoms with Gasteiger partial charge < -0.3 is 11.5 Å². The van der Waals surface area contributed by atoms with Gasteiger partial charge in [-0.25, -0.2) is 9.98 Å². The van der Waals surface area contributed by atoms with Gasteiger partial charge in [-0.3, -0.25) is 9.11 Å². The molecule has 0 aliphatic carbocycles. The van der Waals surface area contributed by atoms with Crippen LogP contribution in [0.25, 0.3) is 0 Å². The van der Waals surface area contributed by atoms with Crippen molar-refractivity contribution in [3.8, 4) is 0 Å². The van der Waals surface area contributed by atoms with E-state index in [1.54, 1.807) is 0 Å². The van der Waals surface area contributed by atoms with Crippen LogP contribution in [0.2, 0.25) is 0 Å². The molecule has 1 aliphatic heterocycles. The number of rotatable bonds is 0. The predicted octanol–water partition coefficient (Wildman–Crippen LogP) is -1.26. The van der Waals surface area contributed by atoms with Crippen LogP contribution in [-0.4, -0.2) is 34.3 Å². The molecule has 0 radical (unpaired) electrons. The van der Waals surface area contributed by atoms with Gasteiger partial charge in [-0.1, -0.05) is 12.2 Å². The summed E-state index contributed by atoms with van der Waals surface area (Å²) in [5.41, 5.74) is 10.5. The van der Waals surface area contributed by atoms with Crippen LogP contribution in [0.5, 0.6) is 0 Å². The standard InChI is InChI=1S/C4H6N4S.H2O4S/c5-2-1-3(9)8-4(6)7-2;1-5(2,3)4/h1H2,(H4,5,6,7,8,9);(H2,1,2,3,4). The molecule has 0 bridgehead atoms. The molecule has 0 saturated carbocycles. The molecular weight excluding hydrogens is 232 g/mol. The lowest BCUT2D eigenvalue weighted by molar-refractivity contribution is 0.381. The topological polar surface area (TPSA) is 151 Å². The molecule has 1 rings (SSSR count). The molecule has 0 spiro atoms. The lowest BCUT2D eigenvalue weighted by Crippen LogP contribution is -2.25. The van der Waals surface area contributed by atoms with Gasteiger partial charge in [-0.15, -0.1) is 0 Å². The molecule has 80 valence electrons. The Hall–Kier alpha value is -1.10. The number of amidine groups is 1. The average molecular weight is 240 g/mol. The molecule has 0 saturated heterocycles. The van der Waals surface area contributed by atoms with Crippen LogP contribution in [0, 0.1) is 0 Å². The van der Waals surface area contributed by atoms with E-state index in [-0.39, 0.29) is 5.96 Å². The minimum absolute atomic E-state index is 0.156. The molecule has 0 aromatic heterocycles. The Morgan fingerprint density at radius 2 is 1.71 bits per heavy atom. The molecule has 10 heteroatoms. The van der Waals surface area contributed by atoms with Crippen LogP contribution >= 0.6 is 12.2 Å². The van der Waals surface area contributed by atoms with Crippen molar-refractivity contribution in [2.24, 2.45) is 21.5 Å². The molecule has 1 heterocycles. The van der Waals surface area contributed by atoms with Crippen molar-refractivity contribution in [1.82, 2.24) is 0 Å². The summed E-state index contributed by atoms with van der Waals surface area (Å²) in [5.74, 6) is 0.594. The monoisotopic (exact) mass is 240 g/mol. The summed E-state index contributed by atoms with van der Waals surface area (Å²) in [4.78, 5) is 7.86. The van der Waals surface area contributed by atoms with Gasteiger partial charge in [0.2, 0.25) is 5.96 Å². The largest absolute Gasteiger partial charge is 0.394 e. The Labute approximate surface area is 85.3 Å². The third-order valence-electron chi connectivity index (χ3n) is 0.830. The second-order valence-electron chi connectivity index (χ2n) is 2.09. The van der Waals surface area contributed by atoms with Crippen molar-refractivity contribution in [2.75, 3.05) is 0 Å². The van der Waals surface area contributed by atoms with Gasteiger partial charge in [-0.05, 0) is 0 Å². The fourth-order valence-corrected chi connectivity index (χ4v) is 0.775. The van der Waals surface area contributed by atoms with Gasteiger partial charge in [0.25, 0.3) is 0 Å². The number of guanidine groups is 1. The molecule has 0 aromatic rings. The fourth-order valence-electron chi connectivity index (χ4n) is 0.534. The number of nitrogens with zero attached hydrogens (tertiary/aromatic N) is 2. The van der Waals surface area contributed by atoms with Crippen molar-refractivity contribution in [3.63, 3.8) is 0 Å². The summed E-state index contributed by atoms with van der Waals surface area (Å²) in [5, 5.41) is 0. The molecular formula is C4H8N4O4S2. The number of nitrogens with two attached hydrogens (primary N) is 2. The maximum atomic E-state index is 8.74. The van der Waals surface area contributed by atoms with Crippen LogP contribution in [0.4, 0.5) is 0 Å². The number of hydrogen-bond acceptors (Lipinski definition) is 6. The molecule has 6 N–H and O–H groups in total. The van der Waals surface area contributed by atoms with Crippen LogP contribution < -0.4 is 11.5 Å². The molecule has 14 heavy (non-hydrogen) atoms. The van der Waals surface area contributed by atoms with Gasteiger partial charge in [0.05, 0.1) is 6.42 Å². The van der Waals surface area contributed by atoms with Gasteiger partial charge in [0.15, 0.2) is 0 Å². The van der Waals surface area contributed by atoms with E-state index in [2.05, 4.69) is 9.98 Å². The van der Waals surface area contributed by atoms with Crippen molar-refractivity contribution in [3.05, 3.63) is 0 Å². The van der Waals surface area contributed by atoms with Crippen molar-refractivity contribution in [1.29, 1.82) is 0 Å². The summed E-state index contributed by atoms with van der Waals surface area (Å²) in [6.07, 6.45) is 0.454. The molecule has 1 aliphatic rings. The number of aliphatic imine (C=N–C) groups is 2. The molecule has 0 aromatic carbocycles. The number of hydrogen-bond donors (Lipinski definition) is 4.